The Hall–Kier alpha value is -1.78. The van der Waals surface area contributed by atoms with E-state index in [0.29, 0.717) is 17.4 Å². The normalized spacial score (nSPS) is 26.2. The van der Waals surface area contributed by atoms with Crippen LogP contribution in [0.25, 0.3) is 0 Å². The highest BCUT2D eigenvalue weighted by Crippen LogP contribution is 2.39. The number of primary amides is 1. The van der Waals surface area contributed by atoms with Crippen LogP contribution in [0.1, 0.15) is 42.6 Å². The fourth-order valence-corrected chi connectivity index (χ4v) is 3.50. The number of rotatable bonds is 2. The molecule has 5 nitrogen and oxygen atoms in total. The van der Waals surface area contributed by atoms with Crippen molar-refractivity contribution < 1.29 is 4.79 Å². The zero-order chi connectivity index (χ0) is 13.4. The third-order valence-electron chi connectivity index (χ3n) is 4.44. The first kappa shape index (κ1) is 12.3. The second-order valence-electron chi connectivity index (χ2n) is 5.57. The molecule has 2 atom stereocenters. The van der Waals surface area contributed by atoms with Gasteiger partial charge in [0.15, 0.2) is 5.82 Å². The van der Waals surface area contributed by atoms with Gasteiger partial charge in [-0.3, -0.25) is 4.79 Å². The highest BCUT2D eigenvalue weighted by molar-refractivity contribution is 5.92. The van der Waals surface area contributed by atoms with E-state index < -0.39 is 5.91 Å². The lowest BCUT2D eigenvalue weighted by Crippen LogP contribution is -2.36. The summed E-state index contributed by atoms with van der Waals surface area (Å²) in [4.78, 5) is 17.9. The van der Waals surface area contributed by atoms with Crippen molar-refractivity contribution in [2.24, 2.45) is 11.7 Å². The number of carbonyl (C=O) groups is 1. The second kappa shape index (κ2) is 4.72. The van der Waals surface area contributed by atoms with Gasteiger partial charge in [-0.05, 0) is 37.3 Å². The van der Waals surface area contributed by atoms with E-state index in [1.54, 1.807) is 12.1 Å². The van der Waals surface area contributed by atoms with Crippen molar-refractivity contribution in [2.75, 3.05) is 17.2 Å². The molecule has 5 heteroatoms. The number of aromatic nitrogens is 1. The van der Waals surface area contributed by atoms with E-state index in [0.717, 1.165) is 18.3 Å². The number of nitrogens with zero attached hydrogens (tertiary/aromatic N) is 2. The van der Waals surface area contributed by atoms with Gasteiger partial charge in [-0.25, -0.2) is 4.98 Å². The van der Waals surface area contributed by atoms with Crippen molar-refractivity contribution >= 4 is 17.4 Å². The largest absolute Gasteiger partial charge is 0.396 e. The molecule has 4 N–H and O–H groups in total. The first-order chi connectivity index (χ1) is 9.16. The first-order valence-electron chi connectivity index (χ1n) is 7.00. The fraction of sp³-hybridized carbons (Fsp3) is 0.571. The summed E-state index contributed by atoms with van der Waals surface area (Å²) in [6.45, 7) is 0.981. The van der Waals surface area contributed by atoms with Gasteiger partial charge in [0.25, 0.3) is 5.91 Å². The van der Waals surface area contributed by atoms with E-state index >= 15 is 0 Å². The summed E-state index contributed by atoms with van der Waals surface area (Å²) < 4.78 is 0. The van der Waals surface area contributed by atoms with Crippen LogP contribution in [0.2, 0.25) is 0 Å². The molecular formula is C14H20N4O. The number of amides is 1. The number of nitrogens with two attached hydrogens (primary N) is 2. The predicted molar refractivity (Wildman–Crippen MR) is 74.9 cm³/mol. The molecule has 0 spiro atoms. The average Bonchev–Trinajstić information content (AvgIpc) is 2.83. The summed E-state index contributed by atoms with van der Waals surface area (Å²) >= 11 is 0. The quantitative estimate of drug-likeness (QED) is 0.844. The maximum Gasteiger partial charge on any atom is 0.267 e. The van der Waals surface area contributed by atoms with Crippen LogP contribution < -0.4 is 16.4 Å². The van der Waals surface area contributed by atoms with Crippen LogP contribution >= 0.6 is 0 Å². The van der Waals surface area contributed by atoms with Gasteiger partial charge >= 0.3 is 0 Å². The molecule has 2 fully saturated rings. The number of anilines is 2. The molecular weight excluding hydrogens is 240 g/mol. The molecule has 1 aromatic heterocycles. The molecule has 1 amide bonds. The van der Waals surface area contributed by atoms with Crippen molar-refractivity contribution in [1.29, 1.82) is 0 Å². The van der Waals surface area contributed by atoms with E-state index in [-0.39, 0.29) is 0 Å². The SMILES string of the molecule is NC(=O)c1ccc(N)c(N2CCC3CCCCC32)n1. The Bertz CT molecular complexity index is 502. The lowest BCUT2D eigenvalue weighted by atomic mass is 9.85. The van der Waals surface area contributed by atoms with E-state index in [4.69, 9.17) is 11.5 Å². The van der Waals surface area contributed by atoms with E-state index in [1.807, 2.05) is 0 Å². The van der Waals surface area contributed by atoms with Gasteiger partial charge in [-0.1, -0.05) is 12.8 Å². The van der Waals surface area contributed by atoms with Crippen molar-refractivity contribution in [2.45, 2.75) is 38.1 Å². The second-order valence-corrected chi connectivity index (χ2v) is 5.57. The molecule has 19 heavy (non-hydrogen) atoms. The first-order valence-corrected chi connectivity index (χ1v) is 7.00. The van der Waals surface area contributed by atoms with Crippen molar-refractivity contribution in [1.82, 2.24) is 4.98 Å². The minimum atomic E-state index is -0.499. The maximum absolute atomic E-state index is 11.3. The van der Waals surface area contributed by atoms with Crippen LogP contribution in [0.3, 0.4) is 0 Å². The molecule has 2 heterocycles. The van der Waals surface area contributed by atoms with Gasteiger partial charge in [0.05, 0.1) is 5.69 Å². The Morgan fingerprint density at radius 1 is 1.26 bits per heavy atom. The summed E-state index contributed by atoms with van der Waals surface area (Å²) in [5.74, 6) is 0.999. The van der Waals surface area contributed by atoms with Gasteiger partial charge in [0, 0.05) is 12.6 Å². The molecule has 1 aliphatic heterocycles. The Morgan fingerprint density at radius 3 is 2.84 bits per heavy atom. The van der Waals surface area contributed by atoms with Gasteiger partial charge in [0.2, 0.25) is 0 Å². The molecule has 1 saturated heterocycles. The molecule has 1 saturated carbocycles. The molecule has 1 aromatic rings. The zero-order valence-electron chi connectivity index (χ0n) is 11.0. The highest BCUT2D eigenvalue weighted by Gasteiger charge is 2.37. The van der Waals surface area contributed by atoms with Crippen LogP contribution in [0, 0.1) is 5.92 Å². The number of nitrogen functional groups attached to an aromatic ring is 1. The van der Waals surface area contributed by atoms with Crippen LogP contribution in [-0.4, -0.2) is 23.5 Å². The maximum atomic E-state index is 11.3. The number of pyridine rings is 1. The van der Waals surface area contributed by atoms with Gasteiger partial charge in [0.1, 0.15) is 5.69 Å². The third kappa shape index (κ3) is 2.13. The molecule has 2 aliphatic rings. The Labute approximate surface area is 113 Å². The number of hydrogen-bond acceptors (Lipinski definition) is 4. The van der Waals surface area contributed by atoms with Gasteiger partial charge in [-0.15, -0.1) is 0 Å². The zero-order valence-corrected chi connectivity index (χ0v) is 11.0. The monoisotopic (exact) mass is 260 g/mol. The molecule has 0 radical (unpaired) electrons. The van der Waals surface area contributed by atoms with Crippen molar-refractivity contribution in [3.63, 3.8) is 0 Å². The number of hydrogen-bond donors (Lipinski definition) is 2. The van der Waals surface area contributed by atoms with Gasteiger partial charge < -0.3 is 16.4 Å². The summed E-state index contributed by atoms with van der Waals surface area (Å²) in [6.07, 6.45) is 6.31. The van der Waals surface area contributed by atoms with Crippen LogP contribution in [0.5, 0.6) is 0 Å². The van der Waals surface area contributed by atoms with E-state index in [1.165, 1.54) is 32.1 Å². The minimum Gasteiger partial charge on any atom is -0.396 e. The lowest BCUT2D eigenvalue weighted by Gasteiger charge is -2.33. The van der Waals surface area contributed by atoms with Crippen molar-refractivity contribution in [3.05, 3.63) is 17.8 Å². The summed E-state index contributed by atoms with van der Waals surface area (Å²) in [5, 5.41) is 0. The standard InChI is InChI=1S/C14H20N4O/c15-10-5-6-11(13(16)19)17-14(10)18-8-7-9-3-1-2-4-12(9)18/h5-6,9,12H,1-4,7-8,15H2,(H2,16,19). The Kier molecular flexibility index (Phi) is 3.05. The minimum absolute atomic E-state index is 0.295. The molecule has 3 rings (SSSR count). The predicted octanol–water partition coefficient (Wildman–Crippen LogP) is 1.53. The molecule has 0 bridgehead atoms. The Morgan fingerprint density at radius 2 is 2.05 bits per heavy atom. The third-order valence-corrected chi connectivity index (χ3v) is 4.44. The number of fused-ring (bicyclic) bond motifs is 1. The molecule has 0 aromatic carbocycles. The molecule has 2 unspecified atom stereocenters. The van der Waals surface area contributed by atoms with E-state index in [2.05, 4.69) is 9.88 Å². The fourth-order valence-electron chi connectivity index (χ4n) is 3.50. The topological polar surface area (TPSA) is 85.2 Å². The van der Waals surface area contributed by atoms with E-state index in [9.17, 15) is 4.79 Å². The summed E-state index contributed by atoms with van der Waals surface area (Å²) in [5.41, 5.74) is 12.3. The number of carbonyl (C=O) groups excluding carboxylic acids is 1. The molecule has 102 valence electrons. The Balaban J connectivity index is 1.93. The van der Waals surface area contributed by atoms with Crippen LogP contribution in [-0.2, 0) is 0 Å². The van der Waals surface area contributed by atoms with Crippen LogP contribution in [0.15, 0.2) is 12.1 Å². The average molecular weight is 260 g/mol. The summed E-state index contributed by atoms with van der Waals surface area (Å²) in [6, 6.07) is 3.86. The van der Waals surface area contributed by atoms with Gasteiger partial charge in [-0.2, -0.15) is 0 Å². The van der Waals surface area contributed by atoms with Crippen LogP contribution in [0.4, 0.5) is 11.5 Å². The van der Waals surface area contributed by atoms with Crippen molar-refractivity contribution in [3.8, 4) is 0 Å². The lowest BCUT2D eigenvalue weighted by molar-refractivity contribution is 0.0995. The highest BCUT2D eigenvalue weighted by atomic mass is 16.1. The smallest absolute Gasteiger partial charge is 0.267 e. The molecule has 1 aliphatic carbocycles. The summed E-state index contributed by atoms with van der Waals surface area (Å²) in [7, 11) is 0.